The number of carbonyl (C=O) groups excluding carboxylic acids is 1. The molecule has 9 nitrogen and oxygen atoms in total. The van der Waals surface area contributed by atoms with E-state index in [4.69, 9.17) is 2.74 Å². The van der Waals surface area contributed by atoms with Crippen LogP contribution in [0.1, 0.15) is 29.9 Å². The lowest BCUT2D eigenvalue weighted by Crippen LogP contribution is -2.68. The molecule has 23 heavy (non-hydrogen) atoms. The molecule has 2 aliphatic heterocycles. The second-order valence-corrected chi connectivity index (χ2v) is 8.54. The highest BCUT2D eigenvalue weighted by molar-refractivity contribution is 7.94. The normalized spacial score (nSPS) is 36.0. The summed E-state index contributed by atoms with van der Waals surface area (Å²) in [5, 5.41) is 15.3. The molecule has 1 N–H and O–H groups in total. The summed E-state index contributed by atoms with van der Waals surface area (Å²) in [5.41, 5.74) is -1.32. The van der Waals surface area contributed by atoms with Crippen LogP contribution in [-0.4, -0.2) is 61.5 Å². The van der Waals surface area contributed by atoms with Gasteiger partial charge in [0.15, 0.2) is 15.9 Å². The number of amides is 1. The number of carbonyl (C=O) groups is 2. The first-order chi connectivity index (χ1) is 11.4. The quantitative estimate of drug-likeness (QED) is 0.731. The van der Waals surface area contributed by atoms with Crippen LogP contribution in [0.25, 0.3) is 0 Å². The third-order valence-electron chi connectivity index (χ3n) is 4.66. The number of β-lactam (4-membered cyclic amide) rings is 1. The van der Waals surface area contributed by atoms with Crippen molar-refractivity contribution >= 4 is 21.7 Å². The topological polar surface area (TPSA) is 122 Å². The number of hydrogen-bond acceptors (Lipinski definition) is 6. The van der Waals surface area contributed by atoms with Crippen LogP contribution >= 0.6 is 0 Å². The molecule has 3 rings (SSSR count). The molecule has 10 heteroatoms. The first-order valence-corrected chi connectivity index (χ1v) is 8.59. The van der Waals surface area contributed by atoms with E-state index in [-0.39, 0.29) is 6.42 Å². The van der Waals surface area contributed by atoms with E-state index in [1.165, 1.54) is 27.0 Å². The van der Waals surface area contributed by atoms with Gasteiger partial charge in [-0.05, 0) is 20.3 Å². The smallest absolute Gasteiger partial charge is 0.328 e. The summed E-state index contributed by atoms with van der Waals surface area (Å²) in [5.74, 6) is -2.20. The molecule has 0 radical (unpaired) electrons. The van der Waals surface area contributed by atoms with Crippen molar-refractivity contribution in [1.29, 1.82) is 0 Å². The molecular formula is C13H18N4O5S. The molecule has 3 heterocycles. The second kappa shape index (κ2) is 4.53. The van der Waals surface area contributed by atoms with Gasteiger partial charge in [-0.15, -0.1) is 5.10 Å². The molecule has 1 aromatic rings. The van der Waals surface area contributed by atoms with Gasteiger partial charge in [0.2, 0.25) is 5.91 Å². The average molecular weight is 344 g/mol. The lowest BCUT2D eigenvalue weighted by atomic mass is 9.79. The van der Waals surface area contributed by atoms with Crippen molar-refractivity contribution in [1.82, 2.24) is 19.9 Å². The molecule has 3 atom stereocenters. The number of carboxylic acid groups (broad SMARTS) is 1. The van der Waals surface area contributed by atoms with E-state index < -0.39 is 49.8 Å². The van der Waals surface area contributed by atoms with Crippen molar-refractivity contribution in [3.8, 4) is 0 Å². The maximum Gasteiger partial charge on any atom is 0.328 e. The number of rotatable bonds is 4. The van der Waals surface area contributed by atoms with Gasteiger partial charge >= 0.3 is 5.97 Å². The summed E-state index contributed by atoms with van der Waals surface area (Å²) in [6.07, 6.45) is 1.95. The Balaban J connectivity index is 2.34. The van der Waals surface area contributed by atoms with Crippen molar-refractivity contribution in [2.45, 2.75) is 49.9 Å². The van der Waals surface area contributed by atoms with Gasteiger partial charge in [0, 0.05) is 6.20 Å². The number of carboxylic acids is 1. The molecule has 0 spiro atoms. The second-order valence-electron chi connectivity index (χ2n) is 6.27. The predicted molar refractivity (Wildman–Crippen MR) is 77.8 cm³/mol. The molecular weight excluding hydrogens is 324 g/mol. The van der Waals surface area contributed by atoms with Gasteiger partial charge in [0.25, 0.3) is 0 Å². The third-order valence-corrected chi connectivity index (χ3v) is 7.69. The van der Waals surface area contributed by atoms with Crippen LogP contribution in [0, 0.1) is 5.41 Å². The Hall–Kier alpha value is -1.97. The number of aromatic nitrogens is 3. The number of aliphatic carboxylic acids is 1. The van der Waals surface area contributed by atoms with Gasteiger partial charge in [-0.2, -0.15) is 0 Å². The highest BCUT2D eigenvalue weighted by Gasteiger charge is 2.77. The molecule has 0 aromatic carbocycles. The zero-order chi connectivity index (χ0) is 19.0. The maximum atomic E-state index is 13.4. The molecule has 126 valence electrons. The number of hydrogen-bond donors (Lipinski definition) is 1. The van der Waals surface area contributed by atoms with Gasteiger partial charge < -0.3 is 10.0 Å². The number of nitrogens with zero attached hydrogens (tertiary/aromatic N) is 4. The van der Waals surface area contributed by atoms with Gasteiger partial charge in [-0.3, -0.25) is 9.48 Å². The highest BCUT2D eigenvalue weighted by atomic mass is 32.2. The largest absolute Gasteiger partial charge is 0.480 e. The van der Waals surface area contributed by atoms with Gasteiger partial charge in [-0.1, -0.05) is 12.1 Å². The van der Waals surface area contributed by atoms with E-state index in [2.05, 4.69) is 10.3 Å². The van der Waals surface area contributed by atoms with E-state index in [1.54, 1.807) is 0 Å². The van der Waals surface area contributed by atoms with Crippen LogP contribution < -0.4 is 0 Å². The van der Waals surface area contributed by atoms with Crippen molar-refractivity contribution in [2.24, 2.45) is 5.41 Å². The first-order valence-electron chi connectivity index (χ1n) is 8.05. The first kappa shape index (κ1) is 13.5. The van der Waals surface area contributed by atoms with Crippen LogP contribution in [0.4, 0.5) is 0 Å². The lowest BCUT2D eigenvalue weighted by molar-refractivity contribution is -0.171. The molecule has 2 aliphatic rings. The molecule has 0 aliphatic carbocycles. The number of sulfone groups is 1. The van der Waals surface area contributed by atoms with Crippen LogP contribution in [0.15, 0.2) is 12.4 Å². The monoisotopic (exact) mass is 344 g/mol. The number of fused-ring (bicyclic) bond motifs is 1. The predicted octanol–water partition coefficient (Wildman–Crippen LogP) is -0.497. The third kappa shape index (κ3) is 1.69. The van der Waals surface area contributed by atoms with E-state index in [1.807, 2.05) is 0 Å². The Kier molecular flexibility index (Phi) is 2.65. The summed E-state index contributed by atoms with van der Waals surface area (Å²) in [6.45, 7) is 1.51. The summed E-state index contributed by atoms with van der Waals surface area (Å²) in [6, 6.07) is -1.85. The van der Waals surface area contributed by atoms with E-state index in [0.29, 0.717) is 4.68 Å². The zero-order valence-corrected chi connectivity index (χ0v) is 13.6. The van der Waals surface area contributed by atoms with Gasteiger partial charge in [0.05, 0.1) is 20.9 Å². The Bertz CT molecular complexity index is 854. The fraction of sp³-hybridized carbons (Fsp3) is 0.692. The summed E-state index contributed by atoms with van der Waals surface area (Å²) < 4.78 is 42.0. The maximum absolute atomic E-state index is 13.4. The van der Waals surface area contributed by atoms with Gasteiger partial charge in [0.1, 0.15) is 10.1 Å². The molecule has 2 fully saturated rings. The minimum atomic E-state index is -4.40. The Morgan fingerprint density at radius 2 is 2.17 bits per heavy atom. The molecule has 0 unspecified atom stereocenters. The van der Waals surface area contributed by atoms with Crippen LogP contribution in [0.3, 0.4) is 0 Å². The van der Waals surface area contributed by atoms with E-state index >= 15 is 0 Å². The van der Waals surface area contributed by atoms with Crippen molar-refractivity contribution in [3.05, 3.63) is 12.4 Å². The van der Waals surface area contributed by atoms with Gasteiger partial charge in [-0.25, -0.2) is 13.2 Å². The SMILES string of the molecule is [2H]C([2H])(n1ccnn1)[C@@]1(CC)[C@H](C(=O)O)N2C(=O)C(C)(C)[C@H]2S1(=O)=O. The van der Waals surface area contributed by atoms with Crippen molar-refractivity contribution in [3.63, 3.8) is 0 Å². The van der Waals surface area contributed by atoms with Crippen LogP contribution in [-0.2, 0) is 25.9 Å². The Morgan fingerprint density at radius 1 is 1.52 bits per heavy atom. The lowest BCUT2D eigenvalue weighted by Gasteiger charge is -2.48. The van der Waals surface area contributed by atoms with E-state index in [0.717, 1.165) is 11.1 Å². The molecule has 0 saturated carbocycles. The van der Waals surface area contributed by atoms with Crippen LogP contribution in [0.5, 0.6) is 0 Å². The zero-order valence-electron chi connectivity index (χ0n) is 14.8. The highest BCUT2D eigenvalue weighted by Crippen LogP contribution is 2.55. The fourth-order valence-corrected chi connectivity index (χ4v) is 6.51. The minimum absolute atomic E-state index is 0.352. The molecule has 1 aromatic heterocycles. The molecule has 0 bridgehead atoms. The minimum Gasteiger partial charge on any atom is -0.480 e. The average Bonchev–Trinajstić information content (AvgIpc) is 3.09. The van der Waals surface area contributed by atoms with E-state index in [9.17, 15) is 23.1 Å². The van der Waals surface area contributed by atoms with Crippen molar-refractivity contribution in [2.75, 3.05) is 0 Å². The standard InChI is InChI=1S/C13H18N4O5S/c1-4-13(7-16-6-5-14-15-16)8(9(18)19)17-10(20)12(2,3)11(17)23(13,21)22/h5-6,8,11H,4,7H2,1-3H3,(H,18,19)/t8-,11+,13-/m0/s1/i7D2. The summed E-state index contributed by atoms with van der Waals surface area (Å²) >= 11 is 0. The molecule has 1 amide bonds. The Morgan fingerprint density at radius 3 is 2.65 bits per heavy atom. The van der Waals surface area contributed by atoms with Crippen LogP contribution in [0.2, 0.25) is 0 Å². The summed E-state index contributed by atoms with van der Waals surface area (Å²) in [7, 11) is -4.40. The van der Waals surface area contributed by atoms with Crippen molar-refractivity contribution < 1.29 is 25.9 Å². The molecule has 2 saturated heterocycles. The fourth-order valence-electron chi connectivity index (χ4n) is 3.57. The summed E-state index contributed by atoms with van der Waals surface area (Å²) in [4.78, 5) is 25.2. The Labute approximate surface area is 136 Å².